The lowest BCUT2D eigenvalue weighted by Gasteiger charge is -2.14. The Bertz CT molecular complexity index is 635. The van der Waals surface area contributed by atoms with Crippen LogP contribution in [0.5, 0.6) is 5.75 Å². The van der Waals surface area contributed by atoms with E-state index in [-0.39, 0.29) is 11.7 Å². The van der Waals surface area contributed by atoms with Crippen molar-refractivity contribution in [1.29, 1.82) is 0 Å². The first kappa shape index (κ1) is 14.1. The Morgan fingerprint density at radius 1 is 1.30 bits per heavy atom. The van der Waals surface area contributed by atoms with Gasteiger partial charge >= 0.3 is 5.97 Å². The Morgan fingerprint density at radius 2 is 2.05 bits per heavy atom. The largest absolute Gasteiger partial charge is 0.490 e. The van der Waals surface area contributed by atoms with Crippen LogP contribution >= 0.6 is 0 Å². The third kappa shape index (κ3) is 2.96. The number of carbonyl (C=O) groups is 1. The molecule has 0 aliphatic rings. The number of carboxylic acid groups (broad SMARTS) is 1. The molecule has 20 heavy (non-hydrogen) atoms. The molecule has 2 aromatic rings. The predicted octanol–water partition coefficient (Wildman–Crippen LogP) is 3.54. The molecule has 4 nitrogen and oxygen atoms in total. The van der Waals surface area contributed by atoms with Crippen LogP contribution in [0.3, 0.4) is 0 Å². The molecule has 0 spiro atoms. The van der Waals surface area contributed by atoms with Crippen LogP contribution in [0.4, 0.5) is 0 Å². The van der Waals surface area contributed by atoms with Gasteiger partial charge in [-0.2, -0.15) is 0 Å². The van der Waals surface area contributed by atoms with Gasteiger partial charge in [0.05, 0.1) is 6.10 Å². The summed E-state index contributed by atoms with van der Waals surface area (Å²) in [5, 5.41) is 9.20. The molecule has 0 aliphatic carbocycles. The van der Waals surface area contributed by atoms with E-state index in [4.69, 9.17) is 4.74 Å². The van der Waals surface area contributed by atoms with Gasteiger partial charge in [-0.25, -0.2) is 4.79 Å². The van der Waals surface area contributed by atoms with Crippen molar-refractivity contribution in [3.8, 4) is 16.9 Å². The fourth-order valence-corrected chi connectivity index (χ4v) is 2.02. The highest BCUT2D eigenvalue weighted by Gasteiger charge is 2.14. The second-order valence-corrected chi connectivity index (χ2v) is 4.87. The molecule has 0 unspecified atom stereocenters. The summed E-state index contributed by atoms with van der Waals surface area (Å²) in [5.74, 6) is -0.597. The van der Waals surface area contributed by atoms with Crippen molar-refractivity contribution in [3.63, 3.8) is 0 Å². The molecule has 0 atom stereocenters. The molecule has 0 saturated carbocycles. The minimum Gasteiger partial charge on any atom is -0.490 e. The number of aromatic carboxylic acids is 1. The fraction of sp³-hybridized carbons (Fsp3) is 0.250. The lowest BCUT2D eigenvalue weighted by molar-refractivity contribution is 0.0690. The van der Waals surface area contributed by atoms with E-state index >= 15 is 0 Å². The summed E-state index contributed by atoms with van der Waals surface area (Å²) in [4.78, 5) is 15.3. The van der Waals surface area contributed by atoms with Crippen LogP contribution in [-0.4, -0.2) is 22.2 Å². The van der Waals surface area contributed by atoms with Crippen LogP contribution in [0.25, 0.3) is 11.1 Å². The van der Waals surface area contributed by atoms with E-state index in [2.05, 4.69) is 4.98 Å². The molecule has 1 aromatic heterocycles. The van der Waals surface area contributed by atoms with Gasteiger partial charge in [0.25, 0.3) is 0 Å². The molecule has 1 aromatic carbocycles. The summed E-state index contributed by atoms with van der Waals surface area (Å²) in [6, 6.07) is 7.05. The van der Waals surface area contributed by atoms with Gasteiger partial charge < -0.3 is 9.84 Å². The lowest BCUT2D eigenvalue weighted by Crippen LogP contribution is -2.10. The maximum atomic E-state index is 11.2. The van der Waals surface area contributed by atoms with Crippen molar-refractivity contribution in [2.45, 2.75) is 26.9 Å². The SMILES string of the molecule is Cc1cnccc1-c1ccc(C(=O)O)c(OC(C)C)c1. The van der Waals surface area contributed by atoms with Gasteiger partial charge in [-0.3, -0.25) is 4.98 Å². The van der Waals surface area contributed by atoms with E-state index in [9.17, 15) is 9.90 Å². The van der Waals surface area contributed by atoms with Crippen LogP contribution in [0.15, 0.2) is 36.7 Å². The highest BCUT2D eigenvalue weighted by atomic mass is 16.5. The Hall–Kier alpha value is -2.36. The number of aryl methyl sites for hydroxylation is 1. The fourth-order valence-electron chi connectivity index (χ4n) is 2.02. The van der Waals surface area contributed by atoms with Crippen molar-refractivity contribution in [3.05, 3.63) is 47.8 Å². The van der Waals surface area contributed by atoms with E-state index in [1.807, 2.05) is 26.8 Å². The second kappa shape index (κ2) is 5.74. The Kier molecular flexibility index (Phi) is 4.03. The number of aromatic nitrogens is 1. The normalized spacial score (nSPS) is 10.6. The van der Waals surface area contributed by atoms with Crippen molar-refractivity contribution >= 4 is 5.97 Å². The molecule has 1 heterocycles. The molecular formula is C16H17NO3. The van der Waals surface area contributed by atoms with Gasteiger partial charge in [-0.1, -0.05) is 6.07 Å². The standard InChI is InChI=1S/C16H17NO3/c1-10(2)20-15-8-12(4-5-14(15)16(18)19)13-6-7-17-9-11(13)3/h4-10H,1-3H3,(H,18,19). The molecule has 0 fully saturated rings. The number of carboxylic acids is 1. The van der Waals surface area contributed by atoms with Gasteiger partial charge in [-0.15, -0.1) is 0 Å². The van der Waals surface area contributed by atoms with Crippen LogP contribution in [-0.2, 0) is 0 Å². The Balaban J connectivity index is 2.52. The number of pyridine rings is 1. The number of hydrogen-bond acceptors (Lipinski definition) is 3. The van der Waals surface area contributed by atoms with E-state index in [1.54, 1.807) is 30.6 Å². The molecule has 0 bridgehead atoms. The highest BCUT2D eigenvalue weighted by Crippen LogP contribution is 2.29. The Morgan fingerprint density at radius 3 is 2.65 bits per heavy atom. The number of rotatable bonds is 4. The predicted molar refractivity (Wildman–Crippen MR) is 77.1 cm³/mol. The smallest absolute Gasteiger partial charge is 0.339 e. The zero-order valence-electron chi connectivity index (χ0n) is 11.8. The molecule has 0 radical (unpaired) electrons. The van der Waals surface area contributed by atoms with Crippen molar-refractivity contribution in [1.82, 2.24) is 4.98 Å². The maximum Gasteiger partial charge on any atom is 0.339 e. The minimum absolute atomic E-state index is 0.0816. The van der Waals surface area contributed by atoms with Crippen LogP contribution in [0.1, 0.15) is 29.8 Å². The number of benzene rings is 1. The van der Waals surface area contributed by atoms with Gasteiger partial charge in [0.1, 0.15) is 11.3 Å². The topological polar surface area (TPSA) is 59.4 Å². The quantitative estimate of drug-likeness (QED) is 0.924. The average molecular weight is 271 g/mol. The minimum atomic E-state index is -0.987. The van der Waals surface area contributed by atoms with E-state index in [0.29, 0.717) is 5.75 Å². The lowest BCUT2D eigenvalue weighted by atomic mass is 10.0. The first-order chi connectivity index (χ1) is 9.49. The molecular weight excluding hydrogens is 254 g/mol. The second-order valence-electron chi connectivity index (χ2n) is 4.87. The van der Waals surface area contributed by atoms with Gasteiger partial charge in [0.2, 0.25) is 0 Å². The van der Waals surface area contributed by atoms with Crippen molar-refractivity contribution < 1.29 is 14.6 Å². The molecule has 1 N–H and O–H groups in total. The first-order valence-corrected chi connectivity index (χ1v) is 6.44. The molecule has 2 rings (SSSR count). The maximum absolute atomic E-state index is 11.2. The summed E-state index contributed by atoms with van der Waals surface area (Å²) in [6.07, 6.45) is 3.42. The zero-order chi connectivity index (χ0) is 14.7. The van der Waals surface area contributed by atoms with Gasteiger partial charge in [-0.05, 0) is 55.7 Å². The molecule has 0 aliphatic heterocycles. The van der Waals surface area contributed by atoms with E-state index < -0.39 is 5.97 Å². The van der Waals surface area contributed by atoms with E-state index in [1.165, 1.54) is 0 Å². The number of nitrogens with zero attached hydrogens (tertiary/aromatic N) is 1. The summed E-state index contributed by atoms with van der Waals surface area (Å²) in [5.41, 5.74) is 3.15. The van der Waals surface area contributed by atoms with Crippen LogP contribution in [0.2, 0.25) is 0 Å². The Labute approximate surface area is 118 Å². The number of ether oxygens (including phenoxy) is 1. The number of hydrogen-bond donors (Lipinski definition) is 1. The molecule has 0 amide bonds. The van der Waals surface area contributed by atoms with Crippen molar-refractivity contribution in [2.75, 3.05) is 0 Å². The van der Waals surface area contributed by atoms with E-state index in [0.717, 1.165) is 16.7 Å². The molecule has 4 heteroatoms. The highest BCUT2D eigenvalue weighted by molar-refractivity contribution is 5.92. The van der Waals surface area contributed by atoms with Gasteiger partial charge in [0, 0.05) is 12.4 Å². The van der Waals surface area contributed by atoms with Crippen molar-refractivity contribution in [2.24, 2.45) is 0 Å². The summed E-state index contributed by atoms with van der Waals surface area (Å²) >= 11 is 0. The van der Waals surface area contributed by atoms with Crippen LogP contribution < -0.4 is 4.74 Å². The third-order valence-corrected chi connectivity index (χ3v) is 2.91. The average Bonchev–Trinajstić information content (AvgIpc) is 2.38. The molecule has 0 saturated heterocycles. The van der Waals surface area contributed by atoms with Gasteiger partial charge in [0.15, 0.2) is 0 Å². The summed E-state index contributed by atoms with van der Waals surface area (Å²) in [7, 11) is 0. The third-order valence-electron chi connectivity index (χ3n) is 2.91. The zero-order valence-corrected chi connectivity index (χ0v) is 11.8. The molecule has 104 valence electrons. The van der Waals surface area contributed by atoms with Crippen LogP contribution in [0, 0.1) is 6.92 Å². The summed E-state index contributed by atoms with van der Waals surface area (Å²) in [6.45, 7) is 5.71. The first-order valence-electron chi connectivity index (χ1n) is 6.44. The monoisotopic (exact) mass is 271 g/mol. The summed E-state index contributed by atoms with van der Waals surface area (Å²) < 4.78 is 5.61.